The molecule has 0 amide bonds. The van der Waals surface area contributed by atoms with Crippen LogP contribution in [-0.2, 0) is 0 Å². The average molecular weight is 258 g/mol. The van der Waals surface area contributed by atoms with Crippen LogP contribution in [0.2, 0.25) is 0 Å². The van der Waals surface area contributed by atoms with Gasteiger partial charge in [-0.15, -0.1) is 0 Å². The van der Waals surface area contributed by atoms with Gasteiger partial charge in [0, 0.05) is 6.04 Å². The van der Waals surface area contributed by atoms with Crippen LogP contribution in [0.1, 0.15) is 50.5 Å². The summed E-state index contributed by atoms with van der Waals surface area (Å²) in [5.74, 6) is 0.765. The van der Waals surface area contributed by atoms with E-state index in [2.05, 4.69) is 11.4 Å². The molecular formula is C16H22N2O. The Hall–Kier alpha value is -1.69. The molecule has 2 rings (SSSR count). The van der Waals surface area contributed by atoms with E-state index in [1.807, 2.05) is 18.2 Å². The van der Waals surface area contributed by atoms with Crippen molar-refractivity contribution in [1.82, 2.24) is 0 Å². The van der Waals surface area contributed by atoms with Gasteiger partial charge < -0.3 is 10.1 Å². The molecule has 1 saturated carbocycles. The number of nitrogens with one attached hydrogen (secondary N) is 1. The molecule has 19 heavy (non-hydrogen) atoms. The Bertz CT molecular complexity index is 443. The Morgan fingerprint density at radius 1 is 1.16 bits per heavy atom. The van der Waals surface area contributed by atoms with Crippen LogP contribution in [0.3, 0.4) is 0 Å². The second-order valence-electron chi connectivity index (χ2n) is 5.18. The van der Waals surface area contributed by atoms with E-state index in [1.54, 1.807) is 7.11 Å². The Morgan fingerprint density at radius 3 is 2.47 bits per heavy atom. The number of ether oxygens (including phenoxy) is 1. The fraction of sp³-hybridized carbons (Fsp3) is 0.562. The van der Waals surface area contributed by atoms with Gasteiger partial charge in [0.15, 0.2) is 0 Å². The number of para-hydroxylation sites is 1. The van der Waals surface area contributed by atoms with Gasteiger partial charge in [0.2, 0.25) is 0 Å². The van der Waals surface area contributed by atoms with Gasteiger partial charge in [-0.25, -0.2) is 0 Å². The van der Waals surface area contributed by atoms with Gasteiger partial charge in [-0.2, -0.15) is 5.26 Å². The maximum atomic E-state index is 9.22. The van der Waals surface area contributed by atoms with Gasteiger partial charge in [0.25, 0.3) is 0 Å². The number of anilines is 1. The van der Waals surface area contributed by atoms with E-state index in [4.69, 9.17) is 4.74 Å². The summed E-state index contributed by atoms with van der Waals surface area (Å²) in [5, 5.41) is 12.8. The second-order valence-corrected chi connectivity index (χ2v) is 5.18. The van der Waals surface area contributed by atoms with E-state index < -0.39 is 0 Å². The standard InChI is InChI=1S/C16H22N2O/c1-19-15-11-7-8-13(12-17)16(15)18-14-9-5-3-2-4-6-10-14/h7-8,11,14,18H,2-6,9-10H2,1H3. The number of hydrogen-bond acceptors (Lipinski definition) is 3. The number of nitrogens with zero attached hydrogens (tertiary/aromatic N) is 1. The number of rotatable bonds is 3. The van der Waals surface area contributed by atoms with E-state index in [0.717, 1.165) is 11.4 Å². The molecule has 1 aromatic carbocycles. The van der Waals surface area contributed by atoms with Gasteiger partial charge in [0.1, 0.15) is 11.8 Å². The molecule has 1 aliphatic rings. The van der Waals surface area contributed by atoms with Gasteiger partial charge >= 0.3 is 0 Å². The van der Waals surface area contributed by atoms with E-state index in [-0.39, 0.29) is 0 Å². The maximum absolute atomic E-state index is 9.22. The topological polar surface area (TPSA) is 45.0 Å². The summed E-state index contributed by atoms with van der Waals surface area (Å²) in [6, 6.07) is 8.32. The predicted molar refractivity (Wildman–Crippen MR) is 77.4 cm³/mol. The lowest BCUT2D eigenvalue weighted by molar-refractivity contribution is 0.414. The highest BCUT2D eigenvalue weighted by molar-refractivity contribution is 5.66. The van der Waals surface area contributed by atoms with Crippen molar-refractivity contribution in [2.45, 2.75) is 51.0 Å². The van der Waals surface area contributed by atoms with E-state index >= 15 is 0 Å². The maximum Gasteiger partial charge on any atom is 0.143 e. The fourth-order valence-electron chi connectivity index (χ4n) is 2.75. The third kappa shape index (κ3) is 3.64. The van der Waals surface area contributed by atoms with Crippen LogP contribution in [0.5, 0.6) is 5.75 Å². The normalized spacial score (nSPS) is 17.1. The molecule has 1 N–H and O–H groups in total. The number of benzene rings is 1. The van der Waals surface area contributed by atoms with Gasteiger partial charge in [-0.05, 0) is 25.0 Å². The van der Waals surface area contributed by atoms with Crippen LogP contribution in [0.25, 0.3) is 0 Å². The summed E-state index contributed by atoms with van der Waals surface area (Å²) in [6.07, 6.45) is 8.94. The van der Waals surface area contributed by atoms with Crippen LogP contribution >= 0.6 is 0 Å². The lowest BCUT2D eigenvalue weighted by Gasteiger charge is -2.23. The summed E-state index contributed by atoms with van der Waals surface area (Å²) >= 11 is 0. The highest BCUT2D eigenvalue weighted by atomic mass is 16.5. The molecular weight excluding hydrogens is 236 g/mol. The number of methoxy groups -OCH3 is 1. The highest BCUT2D eigenvalue weighted by Crippen LogP contribution is 2.30. The first-order valence-corrected chi connectivity index (χ1v) is 7.19. The van der Waals surface area contributed by atoms with E-state index in [9.17, 15) is 5.26 Å². The third-order valence-corrected chi connectivity index (χ3v) is 3.82. The summed E-state index contributed by atoms with van der Waals surface area (Å²) in [4.78, 5) is 0. The van der Waals surface area contributed by atoms with Gasteiger partial charge in [0.05, 0.1) is 18.4 Å². The van der Waals surface area contributed by atoms with Crippen molar-refractivity contribution in [3.63, 3.8) is 0 Å². The molecule has 0 unspecified atom stereocenters. The van der Waals surface area contributed by atoms with Crippen LogP contribution in [0, 0.1) is 11.3 Å². The Kier molecular flexibility index (Phi) is 5.09. The van der Waals surface area contributed by atoms with Crippen molar-refractivity contribution < 1.29 is 4.74 Å². The van der Waals surface area contributed by atoms with Crippen molar-refractivity contribution >= 4 is 5.69 Å². The highest BCUT2D eigenvalue weighted by Gasteiger charge is 2.15. The quantitative estimate of drug-likeness (QED) is 0.888. The molecule has 0 aliphatic heterocycles. The summed E-state index contributed by atoms with van der Waals surface area (Å²) in [7, 11) is 1.65. The van der Waals surface area contributed by atoms with Crippen molar-refractivity contribution in [3.8, 4) is 11.8 Å². The second kappa shape index (κ2) is 7.04. The molecule has 0 radical (unpaired) electrons. The molecule has 3 heteroatoms. The number of nitriles is 1. The predicted octanol–water partition coefficient (Wildman–Crippen LogP) is 4.09. The first-order chi connectivity index (χ1) is 9.35. The summed E-state index contributed by atoms with van der Waals surface area (Å²) in [6.45, 7) is 0. The molecule has 1 aromatic rings. The zero-order chi connectivity index (χ0) is 13.5. The minimum absolute atomic E-state index is 0.462. The first-order valence-electron chi connectivity index (χ1n) is 7.19. The molecule has 1 aliphatic carbocycles. The van der Waals surface area contributed by atoms with Crippen LogP contribution in [0.4, 0.5) is 5.69 Å². The molecule has 0 atom stereocenters. The van der Waals surface area contributed by atoms with Gasteiger partial charge in [-0.3, -0.25) is 0 Å². The lowest BCUT2D eigenvalue weighted by atomic mass is 9.96. The minimum atomic E-state index is 0.462. The third-order valence-electron chi connectivity index (χ3n) is 3.82. The Morgan fingerprint density at radius 2 is 1.84 bits per heavy atom. The molecule has 1 fully saturated rings. The largest absolute Gasteiger partial charge is 0.495 e. The van der Waals surface area contributed by atoms with Crippen molar-refractivity contribution in [2.24, 2.45) is 0 Å². The lowest BCUT2D eigenvalue weighted by Crippen LogP contribution is -2.21. The molecule has 0 aromatic heterocycles. The minimum Gasteiger partial charge on any atom is -0.495 e. The molecule has 0 heterocycles. The van der Waals surface area contributed by atoms with Crippen LogP contribution in [0.15, 0.2) is 18.2 Å². The molecule has 0 spiro atoms. The molecule has 0 bridgehead atoms. The van der Waals surface area contributed by atoms with Crippen molar-refractivity contribution in [2.75, 3.05) is 12.4 Å². The first kappa shape index (κ1) is 13.7. The smallest absolute Gasteiger partial charge is 0.143 e. The Labute approximate surface area is 115 Å². The molecule has 102 valence electrons. The fourth-order valence-corrected chi connectivity index (χ4v) is 2.75. The van der Waals surface area contributed by atoms with Crippen molar-refractivity contribution in [3.05, 3.63) is 23.8 Å². The van der Waals surface area contributed by atoms with Gasteiger partial charge in [-0.1, -0.05) is 38.2 Å². The molecule has 3 nitrogen and oxygen atoms in total. The monoisotopic (exact) mass is 258 g/mol. The zero-order valence-electron chi connectivity index (χ0n) is 11.6. The van der Waals surface area contributed by atoms with E-state index in [0.29, 0.717) is 11.6 Å². The van der Waals surface area contributed by atoms with E-state index in [1.165, 1.54) is 44.9 Å². The van der Waals surface area contributed by atoms with Crippen LogP contribution in [-0.4, -0.2) is 13.2 Å². The average Bonchev–Trinajstić information content (AvgIpc) is 2.41. The zero-order valence-corrected chi connectivity index (χ0v) is 11.6. The number of hydrogen-bond donors (Lipinski definition) is 1. The Balaban J connectivity index is 2.14. The SMILES string of the molecule is COc1cccc(C#N)c1NC1CCCCCCC1. The van der Waals surface area contributed by atoms with Crippen LogP contribution < -0.4 is 10.1 Å². The molecule has 0 saturated heterocycles. The summed E-state index contributed by atoms with van der Waals surface area (Å²) < 4.78 is 5.37. The van der Waals surface area contributed by atoms with Crippen molar-refractivity contribution in [1.29, 1.82) is 5.26 Å². The summed E-state index contributed by atoms with van der Waals surface area (Å²) in [5.41, 5.74) is 1.53.